The van der Waals surface area contributed by atoms with Crippen LogP contribution in [0, 0.1) is 0 Å². The van der Waals surface area contributed by atoms with E-state index in [9.17, 15) is 13.2 Å². The third-order valence-corrected chi connectivity index (χ3v) is 6.67. The van der Waals surface area contributed by atoms with E-state index in [1.54, 1.807) is 19.4 Å². The van der Waals surface area contributed by atoms with Crippen LogP contribution in [0.5, 0.6) is 0 Å². The molecule has 0 spiro atoms. The van der Waals surface area contributed by atoms with Crippen LogP contribution in [-0.2, 0) is 17.1 Å². The number of rotatable bonds is 6. The zero-order valence-electron chi connectivity index (χ0n) is 15.6. The molecule has 1 aliphatic heterocycles. The number of aryl methyl sites for hydroxylation is 1. The van der Waals surface area contributed by atoms with Gasteiger partial charge in [0.15, 0.2) is 5.58 Å². The second kappa shape index (κ2) is 7.57. The zero-order valence-corrected chi connectivity index (χ0v) is 16.4. The number of benzene rings is 1. The van der Waals surface area contributed by atoms with Gasteiger partial charge in [0.1, 0.15) is 5.76 Å². The summed E-state index contributed by atoms with van der Waals surface area (Å²) in [6.45, 7) is 2.02. The number of piperidine rings is 1. The number of hydrogen-bond donors (Lipinski definition) is 1. The maximum absolute atomic E-state index is 12.8. The minimum Gasteiger partial charge on any atom is -0.468 e. The van der Waals surface area contributed by atoms with Crippen LogP contribution in [0.3, 0.4) is 0 Å². The molecule has 0 amide bonds. The van der Waals surface area contributed by atoms with Crippen LogP contribution in [0.2, 0.25) is 0 Å². The molecule has 1 N–H and O–H groups in total. The third kappa shape index (κ3) is 3.65. The van der Waals surface area contributed by atoms with E-state index in [1.165, 1.54) is 23.1 Å². The highest BCUT2D eigenvalue weighted by Crippen LogP contribution is 2.25. The van der Waals surface area contributed by atoms with E-state index in [-0.39, 0.29) is 23.1 Å². The predicted octanol–water partition coefficient (Wildman–Crippen LogP) is 2.23. The van der Waals surface area contributed by atoms with Gasteiger partial charge in [-0.2, -0.15) is 0 Å². The standard InChI is InChI=1S/C19H23N3O5S/c1-21-15-8-7-14(12-18(15)27-19(21)23)28(24,25)20-13-16(17-6-5-11-26-17)22-9-3-2-4-10-22/h5-8,11-12,16,20H,2-4,9-10,13H2,1H3. The number of fused-ring (bicyclic) bond motifs is 1. The summed E-state index contributed by atoms with van der Waals surface area (Å²) in [6, 6.07) is 7.95. The van der Waals surface area contributed by atoms with E-state index in [2.05, 4.69) is 9.62 Å². The monoisotopic (exact) mass is 405 g/mol. The van der Waals surface area contributed by atoms with Crippen molar-refractivity contribution in [2.45, 2.75) is 30.2 Å². The van der Waals surface area contributed by atoms with Gasteiger partial charge in [0.2, 0.25) is 10.0 Å². The highest BCUT2D eigenvalue weighted by atomic mass is 32.2. The summed E-state index contributed by atoms with van der Waals surface area (Å²) in [5.41, 5.74) is 0.791. The van der Waals surface area contributed by atoms with Gasteiger partial charge >= 0.3 is 5.76 Å². The average molecular weight is 405 g/mol. The number of furan rings is 1. The van der Waals surface area contributed by atoms with Crippen molar-refractivity contribution in [1.29, 1.82) is 0 Å². The van der Waals surface area contributed by atoms with Gasteiger partial charge in [0.25, 0.3) is 0 Å². The van der Waals surface area contributed by atoms with Crippen molar-refractivity contribution in [2.75, 3.05) is 19.6 Å². The molecular weight excluding hydrogens is 382 g/mol. The van der Waals surface area contributed by atoms with E-state index in [0.717, 1.165) is 31.7 Å². The van der Waals surface area contributed by atoms with Crippen LogP contribution in [0.15, 0.2) is 55.1 Å². The Morgan fingerprint density at radius 3 is 2.68 bits per heavy atom. The summed E-state index contributed by atoms with van der Waals surface area (Å²) in [6.07, 6.45) is 4.98. The van der Waals surface area contributed by atoms with Crippen LogP contribution in [0.4, 0.5) is 0 Å². The van der Waals surface area contributed by atoms with Crippen molar-refractivity contribution >= 4 is 21.1 Å². The fourth-order valence-corrected chi connectivity index (χ4v) is 4.73. The Labute approximate surface area is 162 Å². The second-order valence-corrected chi connectivity index (χ2v) is 8.80. The molecule has 1 atom stereocenters. The molecule has 0 bridgehead atoms. The summed E-state index contributed by atoms with van der Waals surface area (Å²) in [5.74, 6) is 0.217. The molecule has 3 heterocycles. The molecule has 28 heavy (non-hydrogen) atoms. The molecular formula is C19H23N3O5S. The van der Waals surface area contributed by atoms with Crippen molar-refractivity contribution in [2.24, 2.45) is 7.05 Å². The van der Waals surface area contributed by atoms with Gasteiger partial charge in [-0.25, -0.2) is 17.9 Å². The minimum atomic E-state index is -3.77. The van der Waals surface area contributed by atoms with Gasteiger partial charge in [0.05, 0.1) is 22.7 Å². The van der Waals surface area contributed by atoms with Crippen LogP contribution in [0.1, 0.15) is 31.1 Å². The molecule has 1 aliphatic rings. The predicted molar refractivity (Wildman–Crippen MR) is 104 cm³/mol. The fraction of sp³-hybridized carbons (Fsp3) is 0.421. The average Bonchev–Trinajstić information content (AvgIpc) is 3.31. The lowest BCUT2D eigenvalue weighted by Crippen LogP contribution is -2.40. The zero-order chi connectivity index (χ0) is 19.7. The summed E-state index contributed by atoms with van der Waals surface area (Å²) in [7, 11) is -2.19. The van der Waals surface area contributed by atoms with Crippen LogP contribution < -0.4 is 10.5 Å². The number of hydrogen-bond acceptors (Lipinski definition) is 6. The second-order valence-electron chi connectivity index (χ2n) is 7.04. The molecule has 9 heteroatoms. The molecule has 1 aromatic carbocycles. The van der Waals surface area contributed by atoms with Gasteiger partial charge in [-0.05, 0) is 50.2 Å². The van der Waals surface area contributed by atoms with Gasteiger partial charge in [-0.3, -0.25) is 9.47 Å². The molecule has 150 valence electrons. The molecule has 4 rings (SSSR count). The first kappa shape index (κ1) is 19.0. The Bertz CT molecular complexity index is 1110. The first-order chi connectivity index (χ1) is 13.5. The van der Waals surface area contributed by atoms with Crippen molar-refractivity contribution in [1.82, 2.24) is 14.2 Å². The molecule has 1 fully saturated rings. The van der Waals surface area contributed by atoms with Crippen molar-refractivity contribution in [3.05, 3.63) is 52.9 Å². The number of nitrogens with zero attached hydrogens (tertiary/aromatic N) is 2. The number of sulfonamides is 1. The van der Waals surface area contributed by atoms with E-state index < -0.39 is 15.8 Å². The molecule has 8 nitrogen and oxygen atoms in total. The van der Waals surface area contributed by atoms with Crippen molar-refractivity contribution < 1.29 is 17.3 Å². The Morgan fingerprint density at radius 2 is 1.96 bits per heavy atom. The molecule has 0 aliphatic carbocycles. The number of oxazole rings is 1. The lowest BCUT2D eigenvalue weighted by molar-refractivity contribution is 0.147. The van der Waals surface area contributed by atoms with E-state index >= 15 is 0 Å². The highest BCUT2D eigenvalue weighted by molar-refractivity contribution is 7.89. The first-order valence-electron chi connectivity index (χ1n) is 9.32. The molecule has 1 unspecified atom stereocenters. The lowest BCUT2D eigenvalue weighted by atomic mass is 10.1. The normalized spacial score (nSPS) is 17.2. The maximum atomic E-state index is 12.8. The quantitative estimate of drug-likeness (QED) is 0.675. The largest absolute Gasteiger partial charge is 0.468 e. The molecule has 0 saturated carbocycles. The summed E-state index contributed by atoms with van der Waals surface area (Å²) in [4.78, 5) is 14.0. The van der Waals surface area contributed by atoms with Crippen LogP contribution in [-0.4, -0.2) is 37.5 Å². The lowest BCUT2D eigenvalue weighted by Gasteiger charge is -2.33. The van der Waals surface area contributed by atoms with Crippen molar-refractivity contribution in [3.8, 4) is 0 Å². The summed E-state index contributed by atoms with van der Waals surface area (Å²) < 4.78 is 40.4. The van der Waals surface area contributed by atoms with E-state index in [4.69, 9.17) is 8.83 Å². The number of aromatic nitrogens is 1. The minimum absolute atomic E-state index is 0.0613. The van der Waals surface area contributed by atoms with E-state index in [1.807, 2.05) is 12.1 Å². The molecule has 1 saturated heterocycles. The Kier molecular flexibility index (Phi) is 5.13. The van der Waals surface area contributed by atoms with Gasteiger partial charge in [-0.15, -0.1) is 0 Å². The first-order valence-corrected chi connectivity index (χ1v) is 10.8. The van der Waals surface area contributed by atoms with Crippen LogP contribution >= 0.6 is 0 Å². The van der Waals surface area contributed by atoms with Gasteiger partial charge in [-0.1, -0.05) is 6.42 Å². The SMILES string of the molecule is Cn1c(=O)oc2cc(S(=O)(=O)NCC(c3ccco3)N3CCCCC3)ccc21. The van der Waals surface area contributed by atoms with Gasteiger partial charge < -0.3 is 8.83 Å². The Hall–Kier alpha value is -2.36. The number of nitrogens with one attached hydrogen (secondary N) is 1. The van der Waals surface area contributed by atoms with Crippen molar-refractivity contribution in [3.63, 3.8) is 0 Å². The topological polar surface area (TPSA) is 97.7 Å². The summed E-state index contributed by atoms with van der Waals surface area (Å²) in [5, 5.41) is 0. The Morgan fingerprint density at radius 1 is 1.18 bits per heavy atom. The van der Waals surface area contributed by atoms with Gasteiger partial charge in [0, 0.05) is 19.7 Å². The smallest absolute Gasteiger partial charge is 0.419 e. The molecule has 2 aromatic heterocycles. The fourth-order valence-electron chi connectivity index (χ4n) is 3.67. The highest BCUT2D eigenvalue weighted by Gasteiger charge is 2.27. The maximum Gasteiger partial charge on any atom is 0.419 e. The third-order valence-electron chi connectivity index (χ3n) is 5.24. The number of likely N-dealkylation sites (tertiary alicyclic amines) is 1. The molecule has 0 radical (unpaired) electrons. The van der Waals surface area contributed by atoms with E-state index in [0.29, 0.717) is 5.52 Å². The Balaban J connectivity index is 1.56. The van der Waals surface area contributed by atoms with Crippen LogP contribution in [0.25, 0.3) is 11.1 Å². The summed E-state index contributed by atoms with van der Waals surface area (Å²) >= 11 is 0. The molecule has 3 aromatic rings.